The molecule has 0 aliphatic heterocycles. The smallest absolute Gasteiger partial charge is 0.167 e. The van der Waals surface area contributed by atoms with Crippen LogP contribution in [-0.4, -0.2) is 21.4 Å². The van der Waals surface area contributed by atoms with Crippen molar-refractivity contribution in [2.24, 2.45) is 0 Å². The molecule has 0 saturated heterocycles. The second-order valence-electron chi connectivity index (χ2n) is 5.44. The van der Waals surface area contributed by atoms with Crippen molar-refractivity contribution >= 4 is 35.0 Å². The third-order valence-corrected chi connectivity index (χ3v) is 5.64. The van der Waals surface area contributed by atoms with Gasteiger partial charge in [0.15, 0.2) is 11.6 Å². The molecule has 3 nitrogen and oxygen atoms in total. The van der Waals surface area contributed by atoms with Gasteiger partial charge in [0, 0.05) is 29.9 Å². The van der Waals surface area contributed by atoms with Crippen molar-refractivity contribution in [3.05, 3.63) is 76.8 Å². The molecule has 0 spiro atoms. The van der Waals surface area contributed by atoms with Gasteiger partial charge in [-0.2, -0.15) is 0 Å². The molecule has 2 aromatic carbocycles. The van der Waals surface area contributed by atoms with Crippen molar-refractivity contribution in [3.8, 4) is 5.75 Å². The van der Waals surface area contributed by atoms with Crippen LogP contribution in [0.2, 0.25) is 10.0 Å². The summed E-state index contributed by atoms with van der Waals surface area (Å²) in [7, 11) is 0. The zero-order chi connectivity index (χ0) is 18.5. The highest BCUT2D eigenvalue weighted by molar-refractivity contribution is 8.00. The molecule has 8 heteroatoms. The van der Waals surface area contributed by atoms with Crippen molar-refractivity contribution in [1.82, 2.24) is 9.55 Å². The summed E-state index contributed by atoms with van der Waals surface area (Å²) >= 11 is 13.9. The molecule has 0 radical (unpaired) electrons. The minimum atomic E-state index is -0.743. The predicted molar refractivity (Wildman–Crippen MR) is 100 cm³/mol. The Balaban J connectivity index is 1.76. The quantitative estimate of drug-likeness (QED) is 0.463. The van der Waals surface area contributed by atoms with E-state index in [0.717, 1.165) is 17.0 Å². The molecule has 1 heterocycles. The Kier molecular flexibility index (Phi) is 6.40. The van der Waals surface area contributed by atoms with Crippen molar-refractivity contribution in [1.29, 1.82) is 0 Å². The number of hydrogen-bond donors (Lipinski definition) is 0. The summed E-state index contributed by atoms with van der Waals surface area (Å²) in [4.78, 5) is 4.74. The van der Waals surface area contributed by atoms with E-state index in [0.29, 0.717) is 16.6 Å². The number of nitrogens with zero attached hydrogens (tertiary/aromatic N) is 2. The summed E-state index contributed by atoms with van der Waals surface area (Å²) in [5.41, 5.74) is 0. The van der Waals surface area contributed by atoms with Gasteiger partial charge in [0.05, 0.1) is 21.6 Å². The SMILES string of the molecule is Fc1ccc(OCC(Cn2ccnc2)Sc2c(Cl)cccc2Cl)c(F)c1. The molecule has 0 saturated carbocycles. The Labute approximate surface area is 163 Å². The predicted octanol–water partition coefficient (Wildman–Crippen LogP) is 5.71. The van der Waals surface area contributed by atoms with E-state index in [2.05, 4.69) is 4.98 Å². The van der Waals surface area contributed by atoms with Gasteiger partial charge in [-0.1, -0.05) is 29.3 Å². The number of aromatic nitrogens is 2. The number of ether oxygens (including phenoxy) is 1. The van der Waals surface area contributed by atoms with Crippen LogP contribution in [0, 0.1) is 11.6 Å². The Morgan fingerprint density at radius 3 is 2.58 bits per heavy atom. The second-order valence-corrected chi connectivity index (χ2v) is 7.56. The fourth-order valence-corrected chi connectivity index (χ4v) is 4.03. The van der Waals surface area contributed by atoms with Crippen molar-refractivity contribution in [3.63, 3.8) is 0 Å². The highest BCUT2D eigenvalue weighted by Crippen LogP contribution is 2.37. The molecule has 3 aromatic rings. The minimum absolute atomic E-state index is 0.00659. The summed E-state index contributed by atoms with van der Waals surface area (Å²) in [5, 5.41) is 0.934. The fourth-order valence-electron chi connectivity index (χ4n) is 2.29. The normalized spacial score (nSPS) is 12.2. The number of imidazole rings is 1. The van der Waals surface area contributed by atoms with Crippen LogP contribution in [0.5, 0.6) is 5.75 Å². The lowest BCUT2D eigenvalue weighted by Gasteiger charge is -2.19. The third kappa shape index (κ3) is 4.90. The average Bonchev–Trinajstić information content (AvgIpc) is 3.10. The maximum absolute atomic E-state index is 13.8. The van der Waals surface area contributed by atoms with E-state index in [1.165, 1.54) is 17.8 Å². The summed E-state index contributed by atoms with van der Waals surface area (Å²) < 4.78 is 34.3. The van der Waals surface area contributed by atoms with E-state index >= 15 is 0 Å². The van der Waals surface area contributed by atoms with Gasteiger partial charge in [0.25, 0.3) is 0 Å². The molecule has 26 heavy (non-hydrogen) atoms. The zero-order valence-corrected chi connectivity index (χ0v) is 15.7. The van der Waals surface area contributed by atoms with Crippen LogP contribution in [-0.2, 0) is 6.54 Å². The fraction of sp³-hybridized carbons (Fsp3) is 0.167. The molecule has 0 amide bonds. The number of thioether (sulfide) groups is 1. The molecule has 0 aliphatic carbocycles. The van der Waals surface area contributed by atoms with Crippen LogP contribution < -0.4 is 4.74 Å². The maximum atomic E-state index is 13.8. The van der Waals surface area contributed by atoms with Gasteiger partial charge in [0.1, 0.15) is 12.4 Å². The molecular weight excluding hydrogens is 401 g/mol. The van der Waals surface area contributed by atoms with E-state index in [9.17, 15) is 8.78 Å². The summed E-state index contributed by atoms with van der Waals surface area (Å²) in [5.74, 6) is -1.40. The first-order chi connectivity index (χ1) is 12.5. The van der Waals surface area contributed by atoms with Crippen LogP contribution in [0.3, 0.4) is 0 Å². The number of rotatable bonds is 7. The molecular formula is C18H14Cl2F2N2OS. The monoisotopic (exact) mass is 414 g/mol. The molecule has 0 fully saturated rings. The Hall–Kier alpha value is -1.76. The summed E-state index contributed by atoms with van der Waals surface area (Å²) in [6.07, 6.45) is 5.17. The zero-order valence-electron chi connectivity index (χ0n) is 13.4. The standard InChI is InChI=1S/C18H14Cl2F2N2OS/c19-14-2-1-3-15(20)18(14)26-13(9-24-7-6-23-11-24)10-25-17-5-4-12(21)8-16(17)22/h1-8,11,13H,9-10H2. The lowest BCUT2D eigenvalue weighted by molar-refractivity contribution is 0.292. The number of benzene rings is 2. The van der Waals surface area contributed by atoms with E-state index in [1.807, 2.05) is 10.8 Å². The molecule has 0 bridgehead atoms. The van der Waals surface area contributed by atoms with Gasteiger partial charge in [-0.05, 0) is 24.3 Å². The minimum Gasteiger partial charge on any atom is -0.489 e. The molecule has 3 rings (SSSR count). The van der Waals surface area contributed by atoms with Crippen LogP contribution in [0.1, 0.15) is 0 Å². The highest BCUT2D eigenvalue weighted by Gasteiger charge is 2.18. The molecule has 1 aromatic heterocycles. The van der Waals surface area contributed by atoms with Crippen molar-refractivity contribution in [2.75, 3.05) is 6.61 Å². The van der Waals surface area contributed by atoms with Crippen LogP contribution in [0.4, 0.5) is 8.78 Å². The van der Waals surface area contributed by atoms with Crippen LogP contribution in [0.15, 0.2) is 60.0 Å². The van der Waals surface area contributed by atoms with Gasteiger partial charge in [-0.25, -0.2) is 13.8 Å². The first-order valence-electron chi connectivity index (χ1n) is 7.67. The van der Waals surface area contributed by atoms with Gasteiger partial charge in [-0.3, -0.25) is 0 Å². The Bertz CT molecular complexity index is 857. The van der Waals surface area contributed by atoms with E-state index < -0.39 is 11.6 Å². The first-order valence-corrected chi connectivity index (χ1v) is 9.31. The lowest BCUT2D eigenvalue weighted by atomic mass is 10.3. The Morgan fingerprint density at radius 1 is 1.15 bits per heavy atom. The Morgan fingerprint density at radius 2 is 1.92 bits per heavy atom. The van der Waals surface area contributed by atoms with Crippen molar-refractivity contribution < 1.29 is 13.5 Å². The summed E-state index contributed by atoms with van der Waals surface area (Å²) in [6.45, 7) is 0.724. The van der Waals surface area contributed by atoms with Crippen LogP contribution in [0.25, 0.3) is 0 Å². The van der Waals surface area contributed by atoms with Gasteiger partial charge < -0.3 is 9.30 Å². The molecule has 1 unspecified atom stereocenters. The summed E-state index contributed by atoms with van der Waals surface area (Å²) in [6, 6.07) is 8.49. The van der Waals surface area contributed by atoms with Crippen molar-refractivity contribution in [2.45, 2.75) is 16.7 Å². The lowest BCUT2D eigenvalue weighted by Crippen LogP contribution is -2.21. The first kappa shape index (κ1) is 19.0. The van der Waals surface area contributed by atoms with E-state index in [-0.39, 0.29) is 17.6 Å². The maximum Gasteiger partial charge on any atom is 0.167 e. The van der Waals surface area contributed by atoms with Gasteiger partial charge in [0.2, 0.25) is 0 Å². The molecule has 0 aliphatic rings. The topological polar surface area (TPSA) is 27.1 Å². The van der Waals surface area contributed by atoms with E-state index in [4.69, 9.17) is 27.9 Å². The highest BCUT2D eigenvalue weighted by atomic mass is 35.5. The molecule has 1 atom stereocenters. The molecule has 0 N–H and O–H groups in total. The number of halogens is 4. The third-order valence-electron chi connectivity index (χ3n) is 3.50. The largest absolute Gasteiger partial charge is 0.489 e. The average molecular weight is 415 g/mol. The van der Waals surface area contributed by atoms with Gasteiger partial charge >= 0.3 is 0 Å². The number of hydrogen-bond acceptors (Lipinski definition) is 3. The van der Waals surface area contributed by atoms with Gasteiger partial charge in [-0.15, -0.1) is 11.8 Å². The van der Waals surface area contributed by atoms with E-state index in [1.54, 1.807) is 30.7 Å². The second kappa shape index (κ2) is 8.75. The molecule has 136 valence electrons. The van der Waals surface area contributed by atoms with Crippen LogP contribution >= 0.6 is 35.0 Å².